The van der Waals surface area contributed by atoms with Crippen molar-refractivity contribution in [3.63, 3.8) is 0 Å². The molecular weight excluding hydrogens is 372 g/mol. The SMILES string of the molecule is Cc1cc(NC(=O)CC(=NC2CC=C(c3ccc(C#N)cc3)CC2)C2CC2)ccn1. The van der Waals surface area contributed by atoms with Gasteiger partial charge in [-0.05, 0) is 80.3 Å². The van der Waals surface area contributed by atoms with Crippen molar-refractivity contribution in [2.75, 3.05) is 5.32 Å². The number of hydrogen-bond acceptors (Lipinski definition) is 4. The molecule has 4 rings (SSSR count). The van der Waals surface area contributed by atoms with Crippen molar-refractivity contribution in [1.29, 1.82) is 5.26 Å². The lowest BCUT2D eigenvalue weighted by atomic mass is 9.90. The van der Waals surface area contributed by atoms with Crippen LogP contribution in [0.1, 0.15) is 55.3 Å². The van der Waals surface area contributed by atoms with Crippen molar-refractivity contribution in [1.82, 2.24) is 4.98 Å². The molecule has 1 unspecified atom stereocenters. The summed E-state index contributed by atoms with van der Waals surface area (Å²) in [6, 6.07) is 13.9. The van der Waals surface area contributed by atoms with Crippen molar-refractivity contribution < 1.29 is 4.79 Å². The van der Waals surface area contributed by atoms with E-state index in [1.165, 1.54) is 11.1 Å². The molecule has 1 saturated carbocycles. The van der Waals surface area contributed by atoms with Gasteiger partial charge in [-0.1, -0.05) is 18.2 Å². The number of rotatable bonds is 6. The zero-order valence-corrected chi connectivity index (χ0v) is 17.3. The van der Waals surface area contributed by atoms with E-state index in [1.54, 1.807) is 6.20 Å². The summed E-state index contributed by atoms with van der Waals surface area (Å²) in [5, 5.41) is 11.9. The highest BCUT2D eigenvalue weighted by atomic mass is 16.1. The highest BCUT2D eigenvalue weighted by Crippen LogP contribution is 2.34. The van der Waals surface area contributed by atoms with E-state index in [0.717, 1.165) is 49.2 Å². The number of allylic oxidation sites excluding steroid dienone is 1. The van der Waals surface area contributed by atoms with Gasteiger partial charge in [-0.3, -0.25) is 14.8 Å². The molecule has 1 aromatic heterocycles. The van der Waals surface area contributed by atoms with E-state index in [9.17, 15) is 4.79 Å². The van der Waals surface area contributed by atoms with E-state index < -0.39 is 0 Å². The molecule has 30 heavy (non-hydrogen) atoms. The van der Waals surface area contributed by atoms with Gasteiger partial charge in [-0.15, -0.1) is 0 Å². The van der Waals surface area contributed by atoms with Crippen LogP contribution in [0, 0.1) is 24.2 Å². The van der Waals surface area contributed by atoms with E-state index in [-0.39, 0.29) is 11.9 Å². The monoisotopic (exact) mass is 398 g/mol. The second-order valence-corrected chi connectivity index (χ2v) is 8.15. The molecule has 2 aliphatic carbocycles. The number of nitrogens with zero attached hydrogens (tertiary/aromatic N) is 3. The maximum Gasteiger partial charge on any atom is 0.230 e. The Hall–Kier alpha value is -3.26. The van der Waals surface area contributed by atoms with Gasteiger partial charge in [0, 0.05) is 23.3 Å². The largest absolute Gasteiger partial charge is 0.326 e. The number of carbonyl (C=O) groups excluding carboxylic acids is 1. The van der Waals surface area contributed by atoms with E-state index in [4.69, 9.17) is 10.3 Å². The van der Waals surface area contributed by atoms with Crippen LogP contribution in [-0.4, -0.2) is 22.6 Å². The number of aryl methyl sites for hydroxylation is 1. The number of pyridine rings is 1. The van der Waals surface area contributed by atoms with Crippen LogP contribution in [-0.2, 0) is 4.79 Å². The predicted octanol–water partition coefficient (Wildman–Crippen LogP) is 5.08. The standard InChI is InChI=1S/C25H26N4O/c1-17-14-23(12-13-27-17)29-25(30)15-24(21-6-7-21)28-22-10-8-20(9-11-22)19-4-2-18(16-26)3-5-19/h2-5,8,12-14,21-22H,6-7,9-11,15H2,1H3,(H,27,29,30). The van der Waals surface area contributed by atoms with E-state index in [2.05, 4.69) is 22.4 Å². The summed E-state index contributed by atoms with van der Waals surface area (Å²) in [5.41, 5.74) is 5.92. The van der Waals surface area contributed by atoms with Crippen LogP contribution in [0.25, 0.3) is 5.57 Å². The number of nitriles is 1. The van der Waals surface area contributed by atoms with E-state index >= 15 is 0 Å². The van der Waals surface area contributed by atoms with Crippen molar-refractivity contribution in [2.45, 2.75) is 51.5 Å². The molecule has 0 radical (unpaired) electrons. The van der Waals surface area contributed by atoms with Crippen LogP contribution < -0.4 is 5.32 Å². The maximum atomic E-state index is 12.6. The first-order valence-electron chi connectivity index (χ1n) is 10.6. The number of hydrogen-bond donors (Lipinski definition) is 1. The van der Waals surface area contributed by atoms with Crippen molar-refractivity contribution in [3.05, 3.63) is 65.5 Å². The Bertz CT molecular complexity index is 1030. The molecule has 1 aromatic carbocycles. The molecule has 2 aliphatic rings. The van der Waals surface area contributed by atoms with Crippen LogP contribution in [0.4, 0.5) is 5.69 Å². The number of benzene rings is 1. The third kappa shape index (κ3) is 5.21. The summed E-state index contributed by atoms with van der Waals surface area (Å²) in [5.74, 6) is 0.467. The molecule has 1 amide bonds. The van der Waals surface area contributed by atoms with Crippen LogP contribution in [0.2, 0.25) is 0 Å². The molecule has 2 aromatic rings. The highest BCUT2D eigenvalue weighted by Gasteiger charge is 2.30. The third-order valence-electron chi connectivity index (χ3n) is 5.69. The summed E-state index contributed by atoms with van der Waals surface area (Å²) >= 11 is 0. The van der Waals surface area contributed by atoms with Crippen LogP contribution in [0.3, 0.4) is 0 Å². The smallest absolute Gasteiger partial charge is 0.230 e. The van der Waals surface area contributed by atoms with Gasteiger partial charge in [-0.25, -0.2) is 0 Å². The van der Waals surface area contributed by atoms with Gasteiger partial charge in [0.15, 0.2) is 0 Å². The average molecular weight is 399 g/mol. The highest BCUT2D eigenvalue weighted by molar-refractivity contribution is 6.08. The van der Waals surface area contributed by atoms with Crippen LogP contribution in [0.5, 0.6) is 0 Å². The Labute approximate surface area is 177 Å². The van der Waals surface area contributed by atoms with Gasteiger partial charge >= 0.3 is 0 Å². The zero-order chi connectivity index (χ0) is 20.9. The van der Waals surface area contributed by atoms with Crippen molar-refractivity contribution in [3.8, 4) is 6.07 Å². The van der Waals surface area contributed by atoms with Gasteiger partial charge in [0.05, 0.1) is 24.1 Å². The molecule has 0 bridgehead atoms. The minimum absolute atomic E-state index is 0.00382. The lowest BCUT2D eigenvalue weighted by molar-refractivity contribution is -0.115. The Morgan fingerprint density at radius 2 is 2.03 bits per heavy atom. The molecule has 1 N–H and O–H groups in total. The third-order valence-corrected chi connectivity index (χ3v) is 5.69. The number of nitrogens with one attached hydrogen (secondary N) is 1. The Kier molecular flexibility index (Phi) is 6.04. The molecule has 0 aliphatic heterocycles. The fraction of sp³-hybridized carbons (Fsp3) is 0.360. The molecule has 1 fully saturated rings. The van der Waals surface area contributed by atoms with Gasteiger partial charge in [0.2, 0.25) is 5.91 Å². The quantitative estimate of drug-likeness (QED) is 0.690. The summed E-state index contributed by atoms with van der Waals surface area (Å²) in [6.07, 6.45) is 9.49. The van der Waals surface area contributed by atoms with Crippen molar-refractivity contribution in [2.24, 2.45) is 10.9 Å². The number of aliphatic imine (C=N–C) groups is 1. The van der Waals surface area contributed by atoms with Crippen LogP contribution >= 0.6 is 0 Å². The average Bonchev–Trinajstić information content (AvgIpc) is 3.59. The zero-order valence-electron chi connectivity index (χ0n) is 17.3. The molecule has 1 atom stereocenters. The normalized spacial score (nSPS) is 19.0. The molecule has 0 saturated heterocycles. The second kappa shape index (κ2) is 9.04. The topological polar surface area (TPSA) is 78.1 Å². The summed E-state index contributed by atoms with van der Waals surface area (Å²) < 4.78 is 0. The van der Waals surface area contributed by atoms with Gasteiger partial charge in [-0.2, -0.15) is 5.26 Å². The maximum absolute atomic E-state index is 12.6. The minimum Gasteiger partial charge on any atom is -0.326 e. The Morgan fingerprint density at radius 3 is 2.67 bits per heavy atom. The summed E-state index contributed by atoms with van der Waals surface area (Å²) in [7, 11) is 0. The Morgan fingerprint density at radius 1 is 1.23 bits per heavy atom. The van der Waals surface area contributed by atoms with E-state index in [1.807, 2.05) is 43.3 Å². The molecule has 5 nitrogen and oxygen atoms in total. The predicted molar refractivity (Wildman–Crippen MR) is 119 cm³/mol. The second-order valence-electron chi connectivity index (χ2n) is 8.15. The molecular formula is C25H26N4O. The van der Waals surface area contributed by atoms with Crippen molar-refractivity contribution >= 4 is 22.9 Å². The lowest BCUT2D eigenvalue weighted by Gasteiger charge is -2.20. The van der Waals surface area contributed by atoms with Gasteiger partial charge in [0.25, 0.3) is 0 Å². The Balaban J connectivity index is 1.39. The summed E-state index contributed by atoms with van der Waals surface area (Å²) in [6.45, 7) is 1.91. The number of carbonyl (C=O) groups is 1. The number of aromatic nitrogens is 1. The first kappa shape index (κ1) is 20.0. The van der Waals surface area contributed by atoms with E-state index in [0.29, 0.717) is 17.9 Å². The minimum atomic E-state index is -0.00382. The van der Waals surface area contributed by atoms with Gasteiger partial charge in [0.1, 0.15) is 0 Å². The van der Waals surface area contributed by atoms with Crippen LogP contribution in [0.15, 0.2) is 53.7 Å². The lowest BCUT2D eigenvalue weighted by Crippen LogP contribution is -2.20. The number of amides is 1. The van der Waals surface area contributed by atoms with Gasteiger partial charge < -0.3 is 5.32 Å². The molecule has 152 valence electrons. The summed E-state index contributed by atoms with van der Waals surface area (Å²) in [4.78, 5) is 21.7. The first-order chi connectivity index (χ1) is 14.6. The molecule has 1 heterocycles. The molecule has 5 heteroatoms. The fourth-order valence-electron chi connectivity index (χ4n) is 3.90. The first-order valence-corrected chi connectivity index (χ1v) is 10.6. The number of anilines is 1. The molecule has 0 spiro atoms. The fourth-order valence-corrected chi connectivity index (χ4v) is 3.90.